The van der Waals surface area contributed by atoms with E-state index in [9.17, 15) is 0 Å². The zero-order chi connectivity index (χ0) is 11.7. The largest absolute Gasteiger partial charge is 0.368 e. The molecule has 0 fully saturated rings. The maximum Gasteiger partial charge on any atom is 0.220 e. The van der Waals surface area contributed by atoms with Crippen LogP contribution >= 0.6 is 39.1 Å². The lowest BCUT2D eigenvalue weighted by atomic mass is 10.1. The van der Waals surface area contributed by atoms with Crippen molar-refractivity contribution in [3.63, 3.8) is 0 Å². The van der Waals surface area contributed by atoms with Crippen molar-refractivity contribution in [2.45, 2.75) is 0 Å². The Morgan fingerprint density at radius 1 is 1.25 bits per heavy atom. The molecule has 0 radical (unpaired) electrons. The lowest BCUT2D eigenvalue weighted by Gasteiger charge is -2.06. The van der Waals surface area contributed by atoms with E-state index in [0.717, 1.165) is 10.0 Å². The molecule has 2 rings (SSSR count). The molecule has 2 N–H and O–H groups in total. The number of hydrogen-bond acceptors (Lipinski definition) is 3. The molecule has 0 unspecified atom stereocenters. The van der Waals surface area contributed by atoms with Crippen molar-refractivity contribution in [1.29, 1.82) is 0 Å². The van der Waals surface area contributed by atoms with E-state index in [0.29, 0.717) is 15.7 Å². The number of nitrogens with zero attached hydrogens (tertiary/aromatic N) is 2. The summed E-state index contributed by atoms with van der Waals surface area (Å²) < 4.78 is 0.728. The average molecular weight is 319 g/mol. The molecule has 0 aliphatic heterocycles. The third-order valence-corrected chi connectivity index (χ3v) is 3.08. The fourth-order valence-corrected chi connectivity index (χ4v) is 2.15. The van der Waals surface area contributed by atoms with E-state index in [-0.39, 0.29) is 5.95 Å². The molecule has 0 saturated heterocycles. The predicted molar refractivity (Wildman–Crippen MR) is 69.6 cm³/mol. The Labute approximate surface area is 111 Å². The monoisotopic (exact) mass is 317 g/mol. The van der Waals surface area contributed by atoms with Crippen LogP contribution in [0.1, 0.15) is 0 Å². The maximum absolute atomic E-state index is 6.08. The van der Waals surface area contributed by atoms with Crippen LogP contribution in [0.25, 0.3) is 11.3 Å². The molecule has 1 heterocycles. The second-order valence-electron chi connectivity index (χ2n) is 3.05. The Morgan fingerprint density at radius 3 is 2.69 bits per heavy atom. The highest BCUT2D eigenvalue weighted by Crippen LogP contribution is 2.33. The molecular weight excluding hydrogens is 313 g/mol. The fourth-order valence-electron chi connectivity index (χ4n) is 1.25. The van der Waals surface area contributed by atoms with Crippen LogP contribution in [-0.2, 0) is 0 Å². The normalized spacial score (nSPS) is 10.4. The van der Waals surface area contributed by atoms with E-state index in [4.69, 9.17) is 28.9 Å². The van der Waals surface area contributed by atoms with Crippen molar-refractivity contribution in [3.8, 4) is 11.3 Å². The average Bonchev–Trinajstić information content (AvgIpc) is 2.22. The standard InChI is InChI=1S/C10H6BrCl2N3/c11-7-4-15-10(14)16-9(7)6-2-1-5(12)3-8(6)13/h1-4H,(H2,14,15,16). The Kier molecular flexibility index (Phi) is 3.33. The van der Waals surface area contributed by atoms with Crippen LogP contribution in [0.4, 0.5) is 5.95 Å². The van der Waals surface area contributed by atoms with Gasteiger partial charge < -0.3 is 5.73 Å². The molecule has 0 atom stereocenters. The van der Waals surface area contributed by atoms with Gasteiger partial charge in [0, 0.05) is 16.8 Å². The van der Waals surface area contributed by atoms with Gasteiger partial charge in [-0.2, -0.15) is 0 Å². The smallest absolute Gasteiger partial charge is 0.220 e. The van der Waals surface area contributed by atoms with Crippen LogP contribution < -0.4 is 5.73 Å². The van der Waals surface area contributed by atoms with E-state index in [2.05, 4.69) is 25.9 Å². The molecule has 1 aromatic carbocycles. The fraction of sp³-hybridized carbons (Fsp3) is 0. The topological polar surface area (TPSA) is 51.8 Å². The zero-order valence-corrected chi connectivity index (χ0v) is 11.0. The first-order chi connectivity index (χ1) is 7.58. The molecule has 0 spiro atoms. The van der Waals surface area contributed by atoms with Crippen molar-refractivity contribution < 1.29 is 0 Å². The highest BCUT2D eigenvalue weighted by atomic mass is 79.9. The molecule has 2 aromatic rings. The van der Waals surface area contributed by atoms with Gasteiger partial charge >= 0.3 is 0 Å². The van der Waals surface area contributed by atoms with Gasteiger partial charge in [0.25, 0.3) is 0 Å². The Hall–Kier alpha value is -0.840. The lowest BCUT2D eigenvalue weighted by Crippen LogP contribution is -1.97. The van der Waals surface area contributed by atoms with Crippen LogP contribution in [0, 0.1) is 0 Å². The number of rotatable bonds is 1. The highest BCUT2D eigenvalue weighted by Gasteiger charge is 2.10. The predicted octanol–water partition coefficient (Wildman–Crippen LogP) is 3.80. The molecule has 6 heteroatoms. The minimum Gasteiger partial charge on any atom is -0.368 e. The molecule has 3 nitrogen and oxygen atoms in total. The minimum absolute atomic E-state index is 0.198. The van der Waals surface area contributed by atoms with Crippen LogP contribution in [0.2, 0.25) is 10.0 Å². The van der Waals surface area contributed by atoms with Gasteiger partial charge in [0.05, 0.1) is 15.2 Å². The van der Waals surface area contributed by atoms with Crippen LogP contribution in [-0.4, -0.2) is 9.97 Å². The van der Waals surface area contributed by atoms with Gasteiger partial charge in [-0.25, -0.2) is 9.97 Å². The van der Waals surface area contributed by atoms with Gasteiger partial charge in [-0.15, -0.1) is 0 Å². The van der Waals surface area contributed by atoms with E-state index >= 15 is 0 Å². The zero-order valence-electron chi connectivity index (χ0n) is 7.92. The quantitative estimate of drug-likeness (QED) is 0.870. The lowest BCUT2D eigenvalue weighted by molar-refractivity contribution is 1.17. The number of nitrogen functional groups attached to an aromatic ring is 1. The molecular formula is C10H6BrCl2N3. The second-order valence-corrected chi connectivity index (χ2v) is 4.75. The SMILES string of the molecule is Nc1ncc(Br)c(-c2ccc(Cl)cc2Cl)n1. The van der Waals surface area contributed by atoms with E-state index in [1.165, 1.54) is 0 Å². The Balaban J connectivity index is 2.62. The van der Waals surface area contributed by atoms with Gasteiger partial charge in [-0.3, -0.25) is 0 Å². The van der Waals surface area contributed by atoms with Crippen molar-refractivity contribution in [3.05, 3.63) is 38.9 Å². The summed E-state index contributed by atoms with van der Waals surface area (Å²) in [5.41, 5.74) is 6.94. The number of halogens is 3. The summed E-state index contributed by atoms with van der Waals surface area (Å²) in [6.45, 7) is 0. The van der Waals surface area contributed by atoms with Crippen LogP contribution in [0.5, 0.6) is 0 Å². The van der Waals surface area contributed by atoms with Gasteiger partial charge in [0.2, 0.25) is 5.95 Å². The van der Waals surface area contributed by atoms with Crippen molar-refractivity contribution in [1.82, 2.24) is 9.97 Å². The van der Waals surface area contributed by atoms with E-state index in [1.807, 2.05) is 0 Å². The summed E-state index contributed by atoms with van der Waals surface area (Å²) in [7, 11) is 0. The Bertz CT molecular complexity index is 546. The second kappa shape index (κ2) is 4.57. The van der Waals surface area contributed by atoms with Gasteiger partial charge in [0.1, 0.15) is 0 Å². The number of benzene rings is 1. The summed E-state index contributed by atoms with van der Waals surface area (Å²) in [5.74, 6) is 0.198. The van der Waals surface area contributed by atoms with Gasteiger partial charge in [0.15, 0.2) is 0 Å². The summed E-state index contributed by atoms with van der Waals surface area (Å²) in [6.07, 6.45) is 1.59. The molecule has 0 bridgehead atoms. The molecule has 0 aliphatic rings. The highest BCUT2D eigenvalue weighted by molar-refractivity contribution is 9.10. The molecule has 0 saturated carbocycles. The summed E-state index contributed by atoms with van der Waals surface area (Å²) >= 11 is 15.3. The van der Waals surface area contributed by atoms with Crippen molar-refractivity contribution >= 4 is 45.1 Å². The first kappa shape index (κ1) is 11.6. The number of nitrogens with two attached hydrogens (primary N) is 1. The number of hydrogen-bond donors (Lipinski definition) is 1. The summed E-state index contributed by atoms with van der Waals surface area (Å²) in [6, 6.07) is 5.19. The van der Waals surface area contributed by atoms with Gasteiger partial charge in [-0.05, 0) is 34.1 Å². The summed E-state index contributed by atoms with van der Waals surface area (Å²) in [4.78, 5) is 7.99. The molecule has 0 amide bonds. The third-order valence-electron chi connectivity index (χ3n) is 1.95. The first-order valence-electron chi connectivity index (χ1n) is 4.31. The third kappa shape index (κ3) is 2.29. The van der Waals surface area contributed by atoms with Crippen molar-refractivity contribution in [2.75, 3.05) is 5.73 Å². The van der Waals surface area contributed by atoms with Crippen molar-refractivity contribution in [2.24, 2.45) is 0 Å². The van der Waals surface area contributed by atoms with E-state index < -0.39 is 0 Å². The minimum atomic E-state index is 0.198. The summed E-state index contributed by atoms with van der Waals surface area (Å²) in [5, 5.41) is 1.10. The molecule has 82 valence electrons. The number of anilines is 1. The maximum atomic E-state index is 6.08. The van der Waals surface area contributed by atoms with Crippen LogP contribution in [0.15, 0.2) is 28.9 Å². The van der Waals surface area contributed by atoms with E-state index in [1.54, 1.807) is 24.4 Å². The molecule has 0 aliphatic carbocycles. The number of aromatic nitrogens is 2. The van der Waals surface area contributed by atoms with Crippen LogP contribution in [0.3, 0.4) is 0 Å². The first-order valence-corrected chi connectivity index (χ1v) is 5.86. The molecule has 1 aromatic heterocycles. The molecule has 16 heavy (non-hydrogen) atoms. The van der Waals surface area contributed by atoms with Gasteiger partial charge in [-0.1, -0.05) is 23.2 Å². The Morgan fingerprint density at radius 2 is 2.00 bits per heavy atom.